The second-order valence-corrected chi connectivity index (χ2v) is 5.99. The molecule has 2 aromatic rings. The number of hydrogen-bond acceptors (Lipinski definition) is 3. The summed E-state index contributed by atoms with van der Waals surface area (Å²) in [5.41, 5.74) is 3.58. The van der Waals surface area contributed by atoms with Gasteiger partial charge in [-0.25, -0.2) is 0 Å². The van der Waals surface area contributed by atoms with Crippen LogP contribution in [0.25, 0.3) is 12.2 Å². The quantitative estimate of drug-likeness (QED) is 0.808. The summed E-state index contributed by atoms with van der Waals surface area (Å²) in [6.45, 7) is 1.31. The number of hydrogen-bond donors (Lipinski definition) is 0. The molecule has 0 radical (unpaired) electrons. The van der Waals surface area contributed by atoms with E-state index in [1.54, 1.807) is 7.11 Å². The summed E-state index contributed by atoms with van der Waals surface area (Å²) in [5.74, 6) is 0.891. The molecule has 2 aromatic carbocycles. The molecule has 3 rings (SSSR count). The molecule has 0 unspecified atom stereocenters. The summed E-state index contributed by atoms with van der Waals surface area (Å²) >= 11 is 0. The summed E-state index contributed by atoms with van der Waals surface area (Å²) in [6, 6.07) is 17.7. The second kappa shape index (κ2) is 7.28. The van der Waals surface area contributed by atoms with Gasteiger partial charge in [-0.2, -0.15) is 0 Å². The zero-order valence-corrected chi connectivity index (χ0v) is 14.0. The van der Waals surface area contributed by atoms with Crippen molar-refractivity contribution in [2.45, 2.75) is 0 Å². The second-order valence-electron chi connectivity index (χ2n) is 5.99. The Morgan fingerprint density at radius 1 is 0.917 bits per heavy atom. The molecule has 122 valence electrons. The number of rotatable bonds is 3. The maximum absolute atomic E-state index is 12.9. The third kappa shape index (κ3) is 3.63. The fraction of sp³-hybridized carbons (Fsp3) is 0.190. The van der Waals surface area contributed by atoms with Crippen molar-refractivity contribution in [2.24, 2.45) is 0 Å². The first-order chi connectivity index (χ1) is 11.7. The molecule has 3 nitrogen and oxygen atoms in total. The number of likely N-dealkylation sites (N-methyl/N-ethyl adjacent to an activating group) is 1. The molecular weight excluding hydrogens is 298 g/mol. The molecule has 0 amide bonds. The van der Waals surface area contributed by atoms with E-state index in [9.17, 15) is 4.79 Å². The van der Waals surface area contributed by atoms with E-state index in [4.69, 9.17) is 4.74 Å². The number of nitrogens with zero attached hydrogens (tertiary/aromatic N) is 1. The normalized spacial score (nSPS) is 19.0. The van der Waals surface area contributed by atoms with Crippen LogP contribution in [0, 0.1) is 0 Å². The van der Waals surface area contributed by atoms with E-state index in [0.29, 0.717) is 13.1 Å². The van der Waals surface area contributed by atoms with E-state index in [1.807, 2.05) is 73.8 Å². The average molecular weight is 319 g/mol. The number of para-hydroxylation sites is 1. The van der Waals surface area contributed by atoms with Crippen molar-refractivity contribution in [1.82, 2.24) is 4.90 Å². The number of ether oxygens (including phenoxy) is 1. The Labute approximate surface area is 142 Å². The molecule has 1 fully saturated rings. The summed E-state index contributed by atoms with van der Waals surface area (Å²) in [4.78, 5) is 15.0. The van der Waals surface area contributed by atoms with E-state index < -0.39 is 0 Å². The molecule has 0 bridgehead atoms. The van der Waals surface area contributed by atoms with Crippen molar-refractivity contribution in [2.75, 3.05) is 27.2 Å². The Kier molecular flexibility index (Phi) is 4.92. The first-order valence-corrected chi connectivity index (χ1v) is 8.00. The van der Waals surface area contributed by atoms with E-state index in [0.717, 1.165) is 28.0 Å². The van der Waals surface area contributed by atoms with Gasteiger partial charge >= 0.3 is 0 Å². The molecule has 0 aromatic heterocycles. The highest BCUT2D eigenvalue weighted by atomic mass is 16.5. The number of methoxy groups -OCH3 is 1. The van der Waals surface area contributed by atoms with Gasteiger partial charge in [0.05, 0.1) is 7.11 Å². The average Bonchev–Trinajstić information content (AvgIpc) is 2.60. The van der Waals surface area contributed by atoms with E-state index in [1.165, 1.54) is 0 Å². The van der Waals surface area contributed by atoms with E-state index in [2.05, 4.69) is 4.90 Å². The summed E-state index contributed by atoms with van der Waals surface area (Å²) in [6.07, 6.45) is 3.92. The van der Waals surface area contributed by atoms with Crippen LogP contribution in [0.5, 0.6) is 5.75 Å². The van der Waals surface area contributed by atoms with E-state index in [-0.39, 0.29) is 5.78 Å². The third-order valence-corrected chi connectivity index (χ3v) is 4.07. The minimum atomic E-state index is 0.114. The van der Waals surface area contributed by atoms with Crippen LogP contribution in [0.2, 0.25) is 0 Å². The molecule has 1 aliphatic rings. The number of benzene rings is 2. The number of likely N-dealkylation sites (tertiary alicyclic amines) is 1. The smallest absolute Gasteiger partial charge is 0.187 e. The van der Waals surface area contributed by atoms with Gasteiger partial charge in [-0.1, -0.05) is 48.5 Å². The fourth-order valence-corrected chi connectivity index (χ4v) is 2.93. The summed E-state index contributed by atoms with van der Waals surface area (Å²) in [5, 5.41) is 0. The molecule has 0 aliphatic carbocycles. The van der Waals surface area contributed by atoms with Crippen LogP contribution in [-0.4, -0.2) is 37.9 Å². The lowest BCUT2D eigenvalue weighted by molar-refractivity contribution is -0.113. The molecule has 0 atom stereocenters. The largest absolute Gasteiger partial charge is 0.496 e. The monoisotopic (exact) mass is 319 g/mol. The molecule has 3 heteroatoms. The topological polar surface area (TPSA) is 29.5 Å². The number of piperidine rings is 1. The van der Waals surface area contributed by atoms with Gasteiger partial charge in [0.1, 0.15) is 5.75 Å². The molecule has 0 saturated carbocycles. The van der Waals surface area contributed by atoms with Gasteiger partial charge in [0.15, 0.2) is 5.78 Å². The van der Waals surface area contributed by atoms with Crippen LogP contribution in [0.1, 0.15) is 11.1 Å². The Bertz CT molecular complexity index is 790. The first-order valence-electron chi connectivity index (χ1n) is 8.00. The Hall–Kier alpha value is -2.65. The lowest BCUT2D eigenvalue weighted by atomic mass is 9.94. The fourth-order valence-electron chi connectivity index (χ4n) is 2.93. The van der Waals surface area contributed by atoms with Crippen LogP contribution < -0.4 is 4.74 Å². The van der Waals surface area contributed by atoms with Crippen LogP contribution >= 0.6 is 0 Å². The molecular formula is C21H21NO2. The van der Waals surface area contributed by atoms with Crippen molar-refractivity contribution in [1.29, 1.82) is 0 Å². The standard InChI is InChI=1S/C21H21NO2/c1-22-14-18(12-16-8-4-3-5-9-16)21(23)19(15-22)13-17-10-6-7-11-20(17)24-2/h3-13H,14-15H2,1-2H3. The minimum absolute atomic E-state index is 0.114. The van der Waals surface area contributed by atoms with Crippen LogP contribution in [0.4, 0.5) is 0 Å². The third-order valence-electron chi connectivity index (χ3n) is 4.07. The van der Waals surface area contributed by atoms with Crippen molar-refractivity contribution in [3.63, 3.8) is 0 Å². The van der Waals surface area contributed by atoms with E-state index >= 15 is 0 Å². The van der Waals surface area contributed by atoms with Gasteiger partial charge in [-0.05, 0) is 30.8 Å². The lowest BCUT2D eigenvalue weighted by Crippen LogP contribution is -2.34. The van der Waals surface area contributed by atoms with Gasteiger partial charge in [0.2, 0.25) is 0 Å². The predicted octanol–water partition coefficient (Wildman–Crippen LogP) is 3.68. The van der Waals surface area contributed by atoms with Crippen LogP contribution in [-0.2, 0) is 4.79 Å². The molecule has 0 spiro atoms. The maximum Gasteiger partial charge on any atom is 0.187 e. The highest BCUT2D eigenvalue weighted by Crippen LogP contribution is 2.25. The lowest BCUT2D eigenvalue weighted by Gasteiger charge is -2.26. The van der Waals surface area contributed by atoms with Crippen molar-refractivity contribution in [3.05, 3.63) is 76.9 Å². The highest BCUT2D eigenvalue weighted by Gasteiger charge is 2.24. The Balaban J connectivity index is 1.96. The Morgan fingerprint density at radius 2 is 1.54 bits per heavy atom. The molecule has 1 aliphatic heterocycles. The number of carbonyl (C=O) groups excluding carboxylic acids is 1. The van der Waals surface area contributed by atoms with Gasteiger partial charge in [0.25, 0.3) is 0 Å². The zero-order chi connectivity index (χ0) is 16.9. The number of carbonyl (C=O) groups is 1. The van der Waals surface area contributed by atoms with Crippen LogP contribution in [0.3, 0.4) is 0 Å². The van der Waals surface area contributed by atoms with Gasteiger partial charge in [0, 0.05) is 29.8 Å². The van der Waals surface area contributed by atoms with Crippen molar-refractivity contribution >= 4 is 17.9 Å². The molecule has 0 N–H and O–H groups in total. The first kappa shape index (κ1) is 16.2. The maximum atomic E-state index is 12.9. The predicted molar refractivity (Wildman–Crippen MR) is 97.9 cm³/mol. The summed E-state index contributed by atoms with van der Waals surface area (Å²) in [7, 11) is 3.67. The van der Waals surface area contributed by atoms with Gasteiger partial charge in [-0.15, -0.1) is 0 Å². The zero-order valence-electron chi connectivity index (χ0n) is 14.0. The van der Waals surface area contributed by atoms with Crippen molar-refractivity contribution in [3.8, 4) is 5.75 Å². The summed E-state index contributed by atoms with van der Waals surface area (Å²) < 4.78 is 5.39. The highest BCUT2D eigenvalue weighted by molar-refractivity contribution is 6.14. The van der Waals surface area contributed by atoms with Gasteiger partial charge in [-0.3, -0.25) is 9.69 Å². The number of ketones is 1. The Morgan fingerprint density at radius 3 is 2.25 bits per heavy atom. The SMILES string of the molecule is COc1ccccc1C=C1CN(C)CC(=Cc2ccccc2)C1=O. The van der Waals surface area contributed by atoms with Crippen LogP contribution in [0.15, 0.2) is 65.7 Å². The molecule has 1 heterocycles. The molecule has 24 heavy (non-hydrogen) atoms. The number of Topliss-reactive ketones (excluding diaryl/α,β-unsaturated/α-hetero) is 1. The van der Waals surface area contributed by atoms with Gasteiger partial charge < -0.3 is 4.74 Å². The van der Waals surface area contributed by atoms with Crippen molar-refractivity contribution < 1.29 is 9.53 Å². The molecule has 1 saturated heterocycles. The minimum Gasteiger partial charge on any atom is -0.496 e.